The molecule has 2 heterocycles. The van der Waals surface area contributed by atoms with Gasteiger partial charge in [0.25, 0.3) is 0 Å². The van der Waals surface area contributed by atoms with Crippen molar-refractivity contribution in [3.63, 3.8) is 0 Å². The number of esters is 2. The zero-order valence-corrected chi connectivity index (χ0v) is 23.0. The quantitative estimate of drug-likeness (QED) is 0.201. The number of rotatable bonds is 7. The van der Waals surface area contributed by atoms with Gasteiger partial charge in [0.2, 0.25) is 0 Å². The molecule has 4 aromatic carbocycles. The van der Waals surface area contributed by atoms with Crippen LogP contribution in [0.1, 0.15) is 44.5 Å². The lowest BCUT2D eigenvalue weighted by Crippen LogP contribution is -2.32. The molecule has 6 nitrogen and oxygen atoms in total. The maximum absolute atomic E-state index is 13.2. The Bertz CT molecular complexity index is 1710. The van der Waals surface area contributed by atoms with Crippen LogP contribution in [-0.2, 0) is 14.2 Å². The van der Waals surface area contributed by atoms with Gasteiger partial charge in [0, 0.05) is 18.0 Å². The Labute approximate surface area is 239 Å². The van der Waals surface area contributed by atoms with E-state index in [0.29, 0.717) is 17.5 Å². The normalized spacial score (nSPS) is 18.3. The first-order valence-electron chi connectivity index (χ1n) is 13.8. The number of benzene rings is 4. The van der Waals surface area contributed by atoms with E-state index >= 15 is 0 Å². The fraction of sp³-hybridized carbons (Fsp3) is 0.200. The highest BCUT2D eigenvalue weighted by Crippen LogP contribution is 2.35. The molecule has 0 unspecified atom stereocenters. The molecule has 0 radical (unpaired) electrons. The largest absolute Gasteiger partial charge is 0.459 e. The molecule has 3 atom stereocenters. The van der Waals surface area contributed by atoms with Crippen molar-refractivity contribution < 1.29 is 23.8 Å². The second-order valence-corrected chi connectivity index (χ2v) is 10.4. The summed E-state index contributed by atoms with van der Waals surface area (Å²) in [6.45, 7) is 3.71. The van der Waals surface area contributed by atoms with Crippen molar-refractivity contribution in [3.05, 3.63) is 132 Å². The Morgan fingerprint density at radius 3 is 2.15 bits per heavy atom. The van der Waals surface area contributed by atoms with E-state index in [4.69, 9.17) is 14.2 Å². The van der Waals surface area contributed by atoms with E-state index < -0.39 is 30.4 Å². The van der Waals surface area contributed by atoms with Crippen LogP contribution in [0.3, 0.4) is 0 Å². The molecular weight excluding hydrogens is 514 g/mol. The van der Waals surface area contributed by atoms with Crippen molar-refractivity contribution in [2.24, 2.45) is 0 Å². The predicted octanol–water partition coefficient (Wildman–Crippen LogP) is 7.30. The summed E-state index contributed by atoms with van der Waals surface area (Å²) in [5.74, 6) is -0.851. The molecule has 6 heteroatoms. The number of fused-ring (bicyclic) bond motifs is 1. The number of carbonyl (C=O) groups is 2. The van der Waals surface area contributed by atoms with Gasteiger partial charge in [-0.1, -0.05) is 72.8 Å². The van der Waals surface area contributed by atoms with Crippen LogP contribution >= 0.6 is 0 Å². The summed E-state index contributed by atoms with van der Waals surface area (Å²) in [7, 11) is 0. The average Bonchev–Trinajstić information content (AvgIpc) is 3.60. The summed E-state index contributed by atoms with van der Waals surface area (Å²) in [4.78, 5) is 26.0. The van der Waals surface area contributed by atoms with E-state index in [1.807, 2.05) is 68.6 Å². The maximum Gasteiger partial charge on any atom is 0.338 e. The van der Waals surface area contributed by atoms with E-state index in [9.17, 15) is 9.59 Å². The van der Waals surface area contributed by atoms with Crippen molar-refractivity contribution >= 4 is 22.8 Å². The van der Waals surface area contributed by atoms with Crippen LogP contribution in [0.15, 0.2) is 109 Å². The number of aromatic nitrogens is 1. The molecule has 0 aliphatic carbocycles. The van der Waals surface area contributed by atoms with E-state index in [1.165, 1.54) is 0 Å². The van der Waals surface area contributed by atoms with Gasteiger partial charge in [-0.2, -0.15) is 0 Å². The number of nitrogens with zero attached hydrogens (tertiary/aromatic N) is 1. The van der Waals surface area contributed by atoms with Crippen molar-refractivity contribution in [1.29, 1.82) is 0 Å². The van der Waals surface area contributed by atoms with E-state index in [0.717, 1.165) is 33.2 Å². The van der Waals surface area contributed by atoms with Crippen molar-refractivity contribution in [1.82, 2.24) is 4.57 Å². The smallest absolute Gasteiger partial charge is 0.338 e. The first-order chi connectivity index (χ1) is 20.0. The highest BCUT2D eigenvalue weighted by molar-refractivity contribution is 5.92. The summed E-state index contributed by atoms with van der Waals surface area (Å²) >= 11 is 0. The maximum atomic E-state index is 13.2. The summed E-state index contributed by atoms with van der Waals surface area (Å²) in [5.41, 5.74) is 5.97. The molecule has 1 aromatic heterocycles. The Morgan fingerprint density at radius 1 is 0.780 bits per heavy atom. The van der Waals surface area contributed by atoms with E-state index in [2.05, 4.69) is 41.0 Å². The van der Waals surface area contributed by atoms with Gasteiger partial charge in [0.05, 0.1) is 16.6 Å². The zero-order chi connectivity index (χ0) is 28.3. The lowest BCUT2D eigenvalue weighted by atomic mass is 10.0. The molecule has 1 saturated heterocycles. The van der Waals surface area contributed by atoms with Gasteiger partial charge >= 0.3 is 11.9 Å². The fourth-order valence-corrected chi connectivity index (χ4v) is 5.41. The van der Waals surface area contributed by atoms with Crippen molar-refractivity contribution in [3.8, 4) is 11.1 Å². The summed E-state index contributed by atoms with van der Waals surface area (Å²) < 4.78 is 20.2. The Morgan fingerprint density at radius 2 is 1.44 bits per heavy atom. The van der Waals surface area contributed by atoms with E-state index in [1.54, 1.807) is 18.2 Å². The predicted molar refractivity (Wildman–Crippen MR) is 158 cm³/mol. The lowest BCUT2D eigenvalue weighted by Gasteiger charge is -2.19. The highest BCUT2D eigenvalue weighted by atomic mass is 16.6. The first kappa shape index (κ1) is 26.5. The highest BCUT2D eigenvalue weighted by Gasteiger charge is 2.40. The van der Waals surface area contributed by atoms with Crippen molar-refractivity contribution in [2.75, 3.05) is 6.61 Å². The van der Waals surface area contributed by atoms with E-state index in [-0.39, 0.29) is 6.61 Å². The summed E-state index contributed by atoms with van der Waals surface area (Å²) in [6.07, 6.45) is 0.798. The SMILES string of the molecule is Cc1ccccc1C(=O)OC[C@H]1O[C@@H](n2ccc3cc(-c4ccccc4)ccc32)C[C@@H]1OC(=O)c1ccccc1C. The Hall–Kier alpha value is -4.68. The minimum Gasteiger partial charge on any atom is -0.459 e. The number of ether oxygens (including phenoxy) is 3. The molecule has 206 valence electrons. The van der Waals surface area contributed by atoms with Gasteiger partial charge in [-0.05, 0) is 66.4 Å². The third kappa shape index (κ3) is 5.52. The Kier molecular flexibility index (Phi) is 7.40. The van der Waals surface area contributed by atoms with Gasteiger partial charge in [0.15, 0.2) is 0 Å². The molecule has 0 bridgehead atoms. The minimum absolute atomic E-state index is 0.0350. The molecule has 1 fully saturated rings. The van der Waals surface area contributed by atoms with Crippen LogP contribution in [0.5, 0.6) is 0 Å². The van der Waals surface area contributed by atoms with Crippen LogP contribution in [0.25, 0.3) is 22.0 Å². The van der Waals surface area contributed by atoms with Crippen LogP contribution in [0.4, 0.5) is 0 Å². The standard InChI is InChI=1S/C35H31NO5/c1-23-10-6-8-14-28(23)34(37)39-22-32-31(41-35(38)29-15-9-7-11-24(29)2)21-33(40-32)36-19-18-27-20-26(16-17-30(27)36)25-12-4-3-5-13-25/h3-20,31-33H,21-22H2,1-2H3/t31-,32+,33+/m0/s1. The fourth-order valence-electron chi connectivity index (χ4n) is 5.41. The van der Waals surface area contributed by atoms with Crippen molar-refractivity contribution in [2.45, 2.75) is 38.7 Å². The van der Waals surface area contributed by atoms with Gasteiger partial charge in [-0.25, -0.2) is 9.59 Å². The summed E-state index contributed by atoms with van der Waals surface area (Å²) in [6, 6.07) is 33.3. The van der Waals surface area contributed by atoms with Crippen LogP contribution in [0, 0.1) is 13.8 Å². The topological polar surface area (TPSA) is 66.8 Å². The average molecular weight is 546 g/mol. The number of carbonyl (C=O) groups excluding carboxylic acids is 2. The monoisotopic (exact) mass is 545 g/mol. The number of hydrogen-bond donors (Lipinski definition) is 0. The third-order valence-corrected chi connectivity index (χ3v) is 7.69. The summed E-state index contributed by atoms with van der Waals surface area (Å²) in [5, 5.41) is 1.08. The second-order valence-electron chi connectivity index (χ2n) is 10.4. The molecule has 1 aliphatic rings. The Balaban J connectivity index is 1.25. The second kappa shape index (κ2) is 11.4. The van der Waals surface area contributed by atoms with Gasteiger partial charge in [0.1, 0.15) is 25.0 Å². The molecule has 0 amide bonds. The molecule has 5 aromatic rings. The van der Waals surface area contributed by atoms with Crippen LogP contribution in [0.2, 0.25) is 0 Å². The zero-order valence-electron chi connectivity index (χ0n) is 23.0. The van der Waals surface area contributed by atoms with Gasteiger partial charge < -0.3 is 18.8 Å². The molecule has 6 rings (SSSR count). The molecule has 1 aliphatic heterocycles. The number of aryl methyl sites for hydroxylation is 2. The minimum atomic E-state index is -0.623. The first-order valence-corrected chi connectivity index (χ1v) is 13.8. The van der Waals surface area contributed by atoms with Gasteiger partial charge in [-0.15, -0.1) is 0 Å². The molecule has 41 heavy (non-hydrogen) atoms. The third-order valence-electron chi connectivity index (χ3n) is 7.69. The lowest BCUT2D eigenvalue weighted by molar-refractivity contribution is -0.0561. The van der Waals surface area contributed by atoms with Crippen LogP contribution < -0.4 is 0 Å². The van der Waals surface area contributed by atoms with Gasteiger partial charge in [-0.3, -0.25) is 0 Å². The molecule has 0 spiro atoms. The number of hydrogen-bond acceptors (Lipinski definition) is 5. The molecule has 0 saturated carbocycles. The molecular formula is C35H31NO5. The molecule has 0 N–H and O–H groups in total. The van der Waals surface area contributed by atoms with Crippen LogP contribution in [-0.4, -0.2) is 35.3 Å².